The lowest BCUT2D eigenvalue weighted by atomic mass is 10.0. The van der Waals surface area contributed by atoms with E-state index < -0.39 is 0 Å². The van der Waals surface area contributed by atoms with Crippen LogP contribution in [0.4, 0.5) is 0 Å². The predicted octanol–water partition coefficient (Wildman–Crippen LogP) is 2.22. The van der Waals surface area contributed by atoms with Gasteiger partial charge in [0.1, 0.15) is 0 Å². The topological polar surface area (TPSA) is 77.8 Å². The number of hydrogen-bond donors (Lipinski definition) is 1. The van der Waals surface area contributed by atoms with Crippen molar-refractivity contribution in [3.63, 3.8) is 0 Å². The molecule has 0 aliphatic rings. The summed E-state index contributed by atoms with van der Waals surface area (Å²) in [6.45, 7) is 0.591. The van der Waals surface area contributed by atoms with Gasteiger partial charge < -0.3 is 10.3 Å². The molecule has 106 valence electrons. The first-order valence-corrected chi connectivity index (χ1v) is 6.86. The highest BCUT2D eigenvalue weighted by atomic mass is 16.5. The molecule has 0 atom stereocenters. The molecule has 0 spiro atoms. The highest BCUT2D eigenvalue weighted by molar-refractivity contribution is 5.58. The summed E-state index contributed by atoms with van der Waals surface area (Å²) < 4.78 is 5.39. The highest BCUT2D eigenvalue weighted by Gasteiger charge is 2.12. The summed E-state index contributed by atoms with van der Waals surface area (Å²) in [6.07, 6.45) is 4.94. The Balaban J connectivity index is 1.85. The van der Waals surface area contributed by atoms with Gasteiger partial charge in [-0.25, -0.2) is 0 Å². The Kier molecular flexibility index (Phi) is 4.02. The Bertz CT molecular complexity index is 709. The van der Waals surface area contributed by atoms with E-state index in [1.54, 1.807) is 12.4 Å². The minimum Gasteiger partial charge on any atom is -0.334 e. The number of benzene rings is 1. The average Bonchev–Trinajstić information content (AvgIpc) is 2.97. The van der Waals surface area contributed by atoms with Gasteiger partial charge in [0.2, 0.25) is 0 Å². The van der Waals surface area contributed by atoms with E-state index in [-0.39, 0.29) is 0 Å². The molecule has 0 saturated heterocycles. The second-order valence-electron chi connectivity index (χ2n) is 4.75. The van der Waals surface area contributed by atoms with Crippen molar-refractivity contribution in [1.82, 2.24) is 15.1 Å². The molecule has 0 amide bonds. The predicted molar refractivity (Wildman–Crippen MR) is 79.5 cm³/mol. The lowest BCUT2D eigenvalue weighted by molar-refractivity contribution is 0.423. The van der Waals surface area contributed by atoms with Crippen LogP contribution >= 0.6 is 0 Å². The minimum atomic E-state index is 0.540. The fourth-order valence-electron chi connectivity index (χ4n) is 2.22. The van der Waals surface area contributed by atoms with E-state index in [1.807, 2.05) is 36.4 Å². The van der Waals surface area contributed by atoms with Gasteiger partial charge in [-0.2, -0.15) is 4.98 Å². The summed E-state index contributed by atoms with van der Waals surface area (Å²) in [7, 11) is 0. The maximum atomic E-state index is 5.64. The zero-order valence-electron chi connectivity index (χ0n) is 11.6. The molecule has 0 bridgehead atoms. The van der Waals surface area contributed by atoms with Gasteiger partial charge in [-0.3, -0.25) is 4.98 Å². The van der Waals surface area contributed by atoms with Crippen molar-refractivity contribution in [3.8, 4) is 11.5 Å². The number of nitrogens with two attached hydrogens (primary N) is 1. The summed E-state index contributed by atoms with van der Waals surface area (Å²) >= 11 is 0. The molecule has 5 nitrogen and oxygen atoms in total. The van der Waals surface area contributed by atoms with E-state index in [4.69, 9.17) is 10.3 Å². The van der Waals surface area contributed by atoms with Crippen LogP contribution in [0.15, 0.2) is 53.3 Å². The quantitative estimate of drug-likeness (QED) is 0.775. The fraction of sp³-hybridized carbons (Fsp3) is 0.188. The van der Waals surface area contributed by atoms with E-state index >= 15 is 0 Å². The van der Waals surface area contributed by atoms with Crippen LogP contribution in [-0.4, -0.2) is 21.7 Å². The molecule has 5 heteroatoms. The summed E-state index contributed by atoms with van der Waals surface area (Å²) in [6, 6.07) is 11.8. The zero-order valence-corrected chi connectivity index (χ0v) is 11.6. The number of rotatable bonds is 5. The third kappa shape index (κ3) is 3.14. The van der Waals surface area contributed by atoms with Crippen molar-refractivity contribution in [2.24, 2.45) is 5.73 Å². The second-order valence-corrected chi connectivity index (χ2v) is 4.75. The summed E-state index contributed by atoms with van der Waals surface area (Å²) in [5.74, 6) is 1.19. The number of nitrogens with zero attached hydrogens (tertiary/aromatic N) is 3. The minimum absolute atomic E-state index is 0.540. The van der Waals surface area contributed by atoms with Gasteiger partial charge in [-0.05, 0) is 36.2 Å². The Hall–Kier alpha value is -2.53. The first-order valence-electron chi connectivity index (χ1n) is 6.86. The molecule has 0 radical (unpaired) electrons. The van der Waals surface area contributed by atoms with Gasteiger partial charge in [0.25, 0.3) is 5.89 Å². The van der Waals surface area contributed by atoms with Crippen molar-refractivity contribution >= 4 is 0 Å². The lowest BCUT2D eigenvalue weighted by Crippen LogP contribution is -2.03. The molecule has 0 aliphatic carbocycles. The van der Waals surface area contributed by atoms with E-state index in [0.29, 0.717) is 24.7 Å². The zero-order chi connectivity index (χ0) is 14.5. The molecule has 0 unspecified atom stereocenters. The van der Waals surface area contributed by atoms with Gasteiger partial charge in [0, 0.05) is 24.4 Å². The monoisotopic (exact) mass is 280 g/mol. The fourth-order valence-corrected chi connectivity index (χ4v) is 2.22. The summed E-state index contributed by atoms with van der Waals surface area (Å²) in [4.78, 5) is 8.56. The van der Waals surface area contributed by atoms with E-state index in [1.165, 1.54) is 0 Å². The van der Waals surface area contributed by atoms with Crippen molar-refractivity contribution in [2.45, 2.75) is 12.8 Å². The van der Waals surface area contributed by atoms with E-state index in [2.05, 4.69) is 15.1 Å². The number of pyridine rings is 1. The van der Waals surface area contributed by atoms with Crippen LogP contribution in [0.3, 0.4) is 0 Å². The van der Waals surface area contributed by atoms with Crippen LogP contribution in [0.25, 0.3) is 11.5 Å². The maximum Gasteiger partial charge on any atom is 0.258 e. The standard InChI is InChI=1S/C16H16N4O/c17-8-7-13-5-1-2-6-14(13)16-19-15(20-21-16)10-12-4-3-9-18-11-12/h1-6,9,11H,7-8,10,17H2. The largest absolute Gasteiger partial charge is 0.334 e. The molecule has 1 aromatic carbocycles. The molecular weight excluding hydrogens is 264 g/mol. The van der Waals surface area contributed by atoms with Crippen molar-refractivity contribution in [2.75, 3.05) is 6.54 Å². The van der Waals surface area contributed by atoms with Crippen molar-refractivity contribution in [3.05, 3.63) is 65.7 Å². The lowest BCUT2D eigenvalue weighted by Gasteiger charge is -2.03. The maximum absolute atomic E-state index is 5.64. The molecule has 2 heterocycles. The third-order valence-corrected chi connectivity index (χ3v) is 3.21. The second kappa shape index (κ2) is 6.28. The highest BCUT2D eigenvalue weighted by Crippen LogP contribution is 2.22. The van der Waals surface area contributed by atoms with Crippen LogP contribution in [0.5, 0.6) is 0 Å². The van der Waals surface area contributed by atoms with E-state index in [0.717, 1.165) is 23.1 Å². The van der Waals surface area contributed by atoms with Gasteiger partial charge in [-0.15, -0.1) is 0 Å². The first-order chi connectivity index (χ1) is 10.4. The Labute approximate surface area is 122 Å². The third-order valence-electron chi connectivity index (χ3n) is 3.21. The molecule has 2 aromatic heterocycles. The van der Waals surface area contributed by atoms with Gasteiger partial charge in [0.15, 0.2) is 5.82 Å². The first kappa shape index (κ1) is 13.5. The van der Waals surface area contributed by atoms with Gasteiger partial charge >= 0.3 is 0 Å². The smallest absolute Gasteiger partial charge is 0.258 e. The molecule has 3 aromatic rings. The van der Waals surface area contributed by atoms with Gasteiger partial charge in [-0.1, -0.05) is 29.4 Å². The van der Waals surface area contributed by atoms with Crippen LogP contribution < -0.4 is 5.73 Å². The molecule has 21 heavy (non-hydrogen) atoms. The van der Waals surface area contributed by atoms with E-state index in [9.17, 15) is 0 Å². The van der Waals surface area contributed by atoms with Crippen LogP contribution in [0.1, 0.15) is 17.0 Å². The molecule has 3 rings (SSSR count). The number of hydrogen-bond acceptors (Lipinski definition) is 5. The SMILES string of the molecule is NCCc1ccccc1-c1nc(Cc2cccnc2)no1. The molecule has 0 fully saturated rings. The van der Waals surface area contributed by atoms with Crippen molar-refractivity contribution in [1.29, 1.82) is 0 Å². The Morgan fingerprint density at radius 1 is 1.10 bits per heavy atom. The summed E-state index contributed by atoms with van der Waals surface area (Å²) in [5, 5.41) is 4.04. The van der Waals surface area contributed by atoms with Gasteiger partial charge in [0.05, 0.1) is 0 Å². The summed E-state index contributed by atoms with van der Waals surface area (Å²) in [5.41, 5.74) is 8.77. The molecular formula is C16H16N4O. The van der Waals surface area contributed by atoms with Crippen LogP contribution in [0.2, 0.25) is 0 Å². The Morgan fingerprint density at radius 2 is 2.00 bits per heavy atom. The van der Waals surface area contributed by atoms with Crippen LogP contribution in [0, 0.1) is 0 Å². The molecule has 0 aliphatic heterocycles. The van der Waals surface area contributed by atoms with Crippen LogP contribution in [-0.2, 0) is 12.8 Å². The van der Waals surface area contributed by atoms with Crippen molar-refractivity contribution < 1.29 is 4.52 Å². The average molecular weight is 280 g/mol. The molecule has 2 N–H and O–H groups in total. The normalized spacial score (nSPS) is 10.7. The number of aromatic nitrogens is 3. The molecule has 0 saturated carbocycles. The Morgan fingerprint density at radius 3 is 2.81 bits per heavy atom.